The summed E-state index contributed by atoms with van der Waals surface area (Å²) in [7, 11) is 4.31. The maximum atomic E-state index is 5.56. The van der Waals surface area contributed by atoms with Gasteiger partial charge in [-0.05, 0) is 59.9 Å². The van der Waals surface area contributed by atoms with Crippen molar-refractivity contribution in [2.24, 2.45) is 0 Å². The molecule has 2 aliphatic heterocycles. The van der Waals surface area contributed by atoms with E-state index in [0.29, 0.717) is 0 Å². The van der Waals surface area contributed by atoms with Gasteiger partial charge in [-0.2, -0.15) is 4.98 Å². The van der Waals surface area contributed by atoms with Crippen molar-refractivity contribution in [3.63, 3.8) is 0 Å². The molecule has 0 radical (unpaired) electrons. The lowest BCUT2D eigenvalue weighted by Crippen LogP contribution is -2.34. The first kappa shape index (κ1) is 14.0. The van der Waals surface area contributed by atoms with Crippen molar-refractivity contribution in [1.29, 1.82) is 0 Å². The molecular weight excluding hydrogens is 254 g/mol. The first-order valence-corrected chi connectivity index (χ1v) is 7.56. The third-order valence-electron chi connectivity index (χ3n) is 4.65. The molecule has 2 unspecified atom stereocenters. The Hall–Kier alpha value is -0.980. The van der Waals surface area contributed by atoms with E-state index in [1.165, 1.54) is 12.8 Å². The highest BCUT2D eigenvalue weighted by molar-refractivity contribution is 5.06. The van der Waals surface area contributed by atoms with E-state index in [2.05, 4.69) is 41.3 Å². The van der Waals surface area contributed by atoms with Gasteiger partial charge in [-0.1, -0.05) is 5.16 Å². The van der Waals surface area contributed by atoms with Gasteiger partial charge in [-0.25, -0.2) is 0 Å². The maximum absolute atomic E-state index is 5.56. The quantitative estimate of drug-likeness (QED) is 0.871. The van der Waals surface area contributed by atoms with E-state index in [-0.39, 0.29) is 11.6 Å². The predicted octanol–water partition coefficient (Wildman–Crippen LogP) is 0.977. The van der Waals surface area contributed by atoms with Crippen molar-refractivity contribution in [1.82, 2.24) is 25.3 Å². The van der Waals surface area contributed by atoms with E-state index >= 15 is 0 Å². The van der Waals surface area contributed by atoms with Crippen molar-refractivity contribution < 1.29 is 4.52 Å². The Labute approximate surface area is 120 Å². The summed E-state index contributed by atoms with van der Waals surface area (Å²) in [5.41, 5.74) is -0.138. The summed E-state index contributed by atoms with van der Waals surface area (Å²) in [5, 5.41) is 7.74. The smallest absolute Gasteiger partial charge is 0.246 e. The topological polar surface area (TPSA) is 57.4 Å². The van der Waals surface area contributed by atoms with Gasteiger partial charge < -0.3 is 14.7 Å². The molecule has 2 aliphatic rings. The molecule has 1 aromatic heterocycles. The summed E-state index contributed by atoms with van der Waals surface area (Å²) in [6, 6.07) is 0.227. The van der Waals surface area contributed by atoms with Crippen LogP contribution < -0.4 is 5.32 Å². The van der Waals surface area contributed by atoms with Gasteiger partial charge in [0.25, 0.3) is 0 Å². The highest BCUT2D eigenvalue weighted by atomic mass is 16.5. The van der Waals surface area contributed by atoms with Crippen LogP contribution in [0.3, 0.4) is 0 Å². The highest BCUT2D eigenvalue weighted by Crippen LogP contribution is 2.30. The summed E-state index contributed by atoms with van der Waals surface area (Å²) in [6.07, 6.45) is 3.42. The van der Waals surface area contributed by atoms with Crippen LogP contribution in [0.25, 0.3) is 0 Å². The van der Waals surface area contributed by atoms with E-state index in [9.17, 15) is 0 Å². The second-order valence-corrected chi connectivity index (χ2v) is 6.43. The van der Waals surface area contributed by atoms with E-state index in [1.54, 1.807) is 0 Å². The van der Waals surface area contributed by atoms with Gasteiger partial charge >= 0.3 is 0 Å². The molecule has 1 N–H and O–H groups in total. The Kier molecular flexibility index (Phi) is 3.79. The zero-order chi connectivity index (χ0) is 14.2. The summed E-state index contributed by atoms with van der Waals surface area (Å²) in [5.74, 6) is 1.57. The van der Waals surface area contributed by atoms with E-state index in [4.69, 9.17) is 9.51 Å². The number of hydrogen-bond donors (Lipinski definition) is 1. The second kappa shape index (κ2) is 5.42. The predicted molar refractivity (Wildman–Crippen MR) is 76.4 cm³/mol. The molecule has 6 nitrogen and oxygen atoms in total. The van der Waals surface area contributed by atoms with E-state index in [1.807, 2.05) is 0 Å². The standard InChI is InChI=1S/C14H25N5O/c1-14(6-4-7-15-14)13-16-12(17-20-13)11-10-18(2)8-5-9-19(11)3/h11,15H,4-10H2,1-3H3. The van der Waals surface area contributed by atoms with Crippen LogP contribution in [0.4, 0.5) is 0 Å². The molecule has 3 heterocycles. The van der Waals surface area contributed by atoms with Crippen molar-refractivity contribution in [3.8, 4) is 0 Å². The summed E-state index contributed by atoms with van der Waals surface area (Å²) >= 11 is 0. The molecule has 2 atom stereocenters. The lowest BCUT2D eigenvalue weighted by atomic mass is 10.0. The fraction of sp³-hybridized carbons (Fsp3) is 0.857. The lowest BCUT2D eigenvalue weighted by molar-refractivity contribution is 0.213. The normalized spacial score (nSPS) is 33.5. The van der Waals surface area contributed by atoms with Gasteiger partial charge in [0.1, 0.15) is 0 Å². The monoisotopic (exact) mass is 279 g/mol. The fourth-order valence-corrected chi connectivity index (χ4v) is 3.22. The molecule has 0 amide bonds. The Bertz CT molecular complexity index is 454. The number of nitrogens with zero attached hydrogens (tertiary/aromatic N) is 4. The zero-order valence-electron chi connectivity index (χ0n) is 12.7. The van der Waals surface area contributed by atoms with Crippen LogP contribution in [0.1, 0.15) is 43.9 Å². The van der Waals surface area contributed by atoms with Crippen molar-refractivity contribution >= 4 is 0 Å². The Morgan fingerprint density at radius 3 is 2.90 bits per heavy atom. The van der Waals surface area contributed by atoms with Crippen molar-refractivity contribution in [3.05, 3.63) is 11.7 Å². The molecule has 0 aliphatic carbocycles. The van der Waals surface area contributed by atoms with Gasteiger partial charge in [-0.3, -0.25) is 4.90 Å². The molecule has 2 saturated heterocycles. The number of likely N-dealkylation sites (N-methyl/N-ethyl adjacent to an activating group) is 2. The number of aromatic nitrogens is 2. The summed E-state index contributed by atoms with van der Waals surface area (Å²) in [4.78, 5) is 9.39. The number of hydrogen-bond acceptors (Lipinski definition) is 6. The first-order chi connectivity index (χ1) is 9.58. The molecule has 2 fully saturated rings. The average molecular weight is 279 g/mol. The van der Waals surface area contributed by atoms with Crippen LogP contribution in [0.15, 0.2) is 4.52 Å². The highest BCUT2D eigenvalue weighted by Gasteiger charge is 2.37. The second-order valence-electron chi connectivity index (χ2n) is 6.43. The molecule has 3 rings (SSSR count). The molecule has 1 aromatic rings. The van der Waals surface area contributed by atoms with Gasteiger partial charge in [-0.15, -0.1) is 0 Å². The lowest BCUT2D eigenvalue weighted by Gasteiger charge is -2.24. The molecule has 0 aromatic carbocycles. The van der Waals surface area contributed by atoms with Gasteiger partial charge in [0.15, 0.2) is 5.82 Å². The Balaban J connectivity index is 1.81. The molecule has 0 spiro atoms. The van der Waals surface area contributed by atoms with Crippen LogP contribution in [-0.2, 0) is 5.54 Å². The van der Waals surface area contributed by atoms with E-state index < -0.39 is 0 Å². The van der Waals surface area contributed by atoms with Crippen LogP contribution in [0.2, 0.25) is 0 Å². The van der Waals surface area contributed by atoms with Crippen LogP contribution in [0.5, 0.6) is 0 Å². The molecule has 112 valence electrons. The Morgan fingerprint density at radius 1 is 1.30 bits per heavy atom. The minimum absolute atomic E-state index is 0.138. The largest absolute Gasteiger partial charge is 0.337 e. The molecule has 0 bridgehead atoms. The Morgan fingerprint density at radius 2 is 2.15 bits per heavy atom. The fourth-order valence-electron chi connectivity index (χ4n) is 3.22. The van der Waals surface area contributed by atoms with Gasteiger partial charge in [0.2, 0.25) is 5.89 Å². The van der Waals surface area contributed by atoms with Crippen LogP contribution in [0, 0.1) is 0 Å². The maximum Gasteiger partial charge on any atom is 0.246 e. The third-order valence-corrected chi connectivity index (χ3v) is 4.65. The van der Waals surface area contributed by atoms with Gasteiger partial charge in [0, 0.05) is 6.54 Å². The molecular formula is C14H25N5O. The van der Waals surface area contributed by atoms with Crippen molar-refractivity contribution in [2.45, 2.75) is 37.8 Å². The van der Waals surface area contributed by atoms with Crippen molar-refractivity contribution in [2.75, 3.05) is 40.3 Å². The minimum atomic E-state index is -0.138. The first-order valence-electron chi connectivity index (χ1n) is 7.56. The average Bonchev–Trinajstić information content (AvgIpc) is 3.02. The summed E-state index contributed by atoms with van der Waals surface area (Å²) in [6.45, 7) is 6.35. The van der Waals surface area contributed by atoms with Crippen LogP contribution in [-0.4, -0.2) is 60.2 Å². The van der Waals surface area contributed by atoms with E-state index in [0.717, 1.165) is 44.3 Å². The zero-order valence-corrected chi connectivity index (χ0v) is 12.7. The number of nitrogens with one attached hydrogen (secondary N) is 1. The van der Waals surface area contributed by atoms with Crippen LogP contribution >= 0.6 is 0 Å². The van der Waals surface area contributed by atoms with Gasteiger partial charge in [0.05, 0.1) is 11.6 Å². The minimum Gasteiger partial charge on any atom is -0.337 e. The SMILES string of the molecule is CN1CCCN(C)C(c2noc(C3(C)CCCN3)n2)C1. The molecule has 6 heteroatoms. The summed E-state index contributed by atoms with van der Waals surface area (Å²) < 4.78 is 5.56. The number of rotatable bonds is 2. The molecule has 20 heavy (non-hydrogen) atoms. The third kappa shape index (κ3) is 2.60. The molecule has 0 saturated carbocycles.